The summed E-state index contributed by atoms with van der Waals surface area (Å²) >= 11 is 1.21. The molecular weight excluding hydrogens is 816 g/mol. The minimum absolute atomic E-state index is 0.00138. The molecule has 2 aromatic rings. The number of alkyl halides is 1. The molecule has 5 rings (SSSR count). The SMILES string of the molecule is CC[C@H]1OC(=O)[C@@](C)(F)C(=O)[C@H](C)[C@@H](O[C@@H]2O[C@H](C)C[C@H](N(C)C)[C@H]2O)[C@@]2(C)C[C@@H](C)C(=NC(C)=O)[C@H](C)[C@@H](OC/C(=N\OCc3ccc(-c4csnn4)nc3)CO2)[C@]1(C)O. The highest BCUT2D eigenvalue weighted by molar-refractivity contribution is 7.03. The Kier molecular flexibility index (Phi) is 15.7. The molecule has 2 aromatic heterocycles. The Morgan fingerprint density at radius 2 is 1.82 bits per heavy atom. The number of cyclic esters (lactones) is 1. The van der Waals surface area contributed by atoms with Crippen LogP contribution in [0.3, 0.4) is 0 Å². The molecule has 2 bridgehead atoms. The van der Waals surface area contributed by atoms with Gasteiger partial charge >= 0.3 is 5.97 Å². The van der Waals surface area contributed by atoms with Crippen molar-refractivity contribution < 1.29 is 57.5 Å². The van der Waals surface area contributed by atoms with Crippen molar-refractivity contribution in [2.45, 2.75) is 148 Å². The number of hydrogen-bond donors (Lipinski definition) is 2. The summed E-state index contributed by atoms with van der Waals surface area (Å²) in [5.74, 6) is -6.11. The lowest BCUT2D eigenvalue weighted by Gasteiger charge is -2.47. The van der Waals surface area contributed by atoms with E-state index >= 15 is 4.39 Å². The van der Waals surface area contributed by atoms with Crippen molar-refractivity contribution in [1.82, 2.24) is 19.5 Å². The number of esters is 1. The normalized spacial score (nSPS) is 38.4. The van der Waals surface area contributed by atoms with Gasteiger partial charge in [0.2, 0.25) is 5.91 Å². The third-order valence-corrected chi connectivity index (χ3v) is 12.5. The van der Waals surface area contributed by atoms with Crippen molar-refractivity contribution in [2.24, 2.45) is 27.9 Å². The van der Waals surface area contributed by atoms with Gasteiger partial charge in [-0.3, -0.25) is 14.6 Å². The number of likely N-dealkylation sites (N-methyl/N-ethyl adjacent to an activating group) is 1. The third kappa shape index (κ3) is 10.9. The first-order valence-corrected chi connectivity index (χ1v) is 21.5. The van der Waals surface area contributed by atoms with E-state index < -0.39 is 89.0 Å². The highest BCUT2D eigenvalue weighted by atomic mass is 32.1. The number of carbonyl (C=O) groups excluding carboxylic acids is 3. The molecule has 0 radical (unpaired) electrons. The number of aliphatic hydroxyl groups excluding tert-OH is 1. The second kappa shape index (κ2) is 19.8. The number of aliphatic imine (C=N–C) groups is 1. The summed E-state index contributed by atoms with van der Waals surface area (Å²) in [5.41, 5.74) is -4.36. The molecule has 3 aliphatic rings. The van der Waals surface area contributed by atoms with Gasteiger partial charge in [0.1, 0.15) is 35.8 Å². The van der Waals surface area contributed by atoms with Gasteiger partial charge in [-0.1, -0.05) is 43.4 Å². The Morgan fingerprint density at radius 3 is 2.43 bits per heavy atom. The number of oxime groups is 1. The lowest BCUT2D eigenvalue weighted by molar-refractivity contribution is -0.296. The number of pyridine rings is 1. The van der Waals surface area contributed by atoms with E-state index in [1.54, 1.807) is 38.4 Å². The molecule has 0 aromatic carbocycles. The zero-order valence-electron chi connectivity index (χ0n) is 36.9. The van der Waals surface area contributed by atoms with Crippen LogP contribution in [-0.4, -0.2) is 146 Å². The summed E-state index contributed by atoms with van der Waals surface area (Å²) in [7, 11) is 3.63. The van der Waals surface area contributed by atoms with Crippen LogP contribution in [0.2, 0.25) is 0 Å². The van der Waals surface area contributed by atoms with Crippen LogP contribution in [-0.2, 0) is 49.5 Å². The number of aromatic nitrogens is 3. The number of fused-ring (bicyclic) bond motifs is 5. The van der Waals surface area contributed by atoms with Gasteiger partial charge in [0.15, 0.2) is 12.1 Å². The average molecular weight is 877 g/mol. The van der Waals surface area contributed by atoms with Gasteiger partial charge in [-0.15, -0.1) is 5.10 Å². The van der Waals surface area contributed by atoms with Crippen LogP contribution in [0.15, 0.2) is 33.9 Å². The Bertz CT molecular complexity index is 1900. The molecule has 3 aliphatic heterocycles. The van der Waals surface area contributed by atoms with Crippen molar-refractivity contribution in [3.05, 3.63) is 29.3 Å². The zero-order chi connectivity index (χ0) is 45.0. The van der Waals surface area contributed by atoms with Crippen molar-refractivity contribution in [3.8, 4) is 11.4 Å². The van der Waals surface area contributed by atoms with Crippen molar-refractivity contribution in [2.75, 3.05) is 27.3 Å². The minimum atomic E-state index is -3.22. The van der Waals surface area contributed by atoms with E-state index in [0.717, 1.165) is 6.92 Å². The van der Waals surface area contributed by atoms with Gasteiger partial charge in [-0.25, -0.2) is 14.2 Å². The molecular formula is C42H61FN6O11S. The number of ketones is 1. The summed E-state index contributed by atoms with van der Waals surface area (Å²) < 4.78 is 52.6. The van der Waals surface area contributed by atoms with Crippen LogP contribution < -0.4 is 0 Å². The summed E-state index contributed by atoms with van der Waals surface area (Å²) in [6.45, 7) is 13.0. The molecule has 3 saturated heterocycles. The van der Waals surface area contributed by atoms with E-state index in [-0.39, 0.29) is 44.5 Å². The predicted octanol–water partition coefficient (Wildman–Crippen LogP) is 4.13. The zero-order valence-corrected chi connectivity index (χ0v) is 37.7. The first-order valence-electron chi connectivity index (χ1n) is 20.7. The maximum Gasteiger partial charge on any atom is 0.351 e. The summed E-state index contributed by atoms with van der Waals surface area (Å²) in [6, 6.07) is 3.19. The van der Waals surface area contributed by atoms with E-state index in [1.165, 1.54) is 32.3 Å². The number of hydrogen-bond acceptors (Lipinski definition) is 17. The minimum Gasteiger partial charge on any atom is -0.457 e. The van der Waals surface area contributed by atoms with Gasteiger partial charge in [-0.05, 0) is 84.6 Å². The molecule has 0 saturated carbocycles. The van der Waals surface area contributed by atoms with Crippen molar-refractivity contribution >= 4 is 40.6 Å². The van der Waals surface area contributed by atoms with Crippen LogP contribution in [0.25, 0.3) is 11.4 Å². The Hall–Kier alpha value is -3.69. The molecule has 0 aliphatic carbocycles. The quantitative estimate of drug-likeness (QED) is 0.217. The molecule has 338 valence electrons. The molecule has 17 nitrogen and oxygen atoms in total. The number of Topliss-reactive ketones (excluding diaryl/α,β-unsaturated/α-hetero) is 1. The van der Waals surface area contributed by atoms with Crippen LogP contribution in [0.5, 0.6) is 0 Å². The molecule has 0 spiro atoms. The molecule has 5 heterocycles. The lowest BCUT2D eigenvalue weighted by Crippen LogP contribution is -2.61. The molecule has 13 atom stereocenters. The van der Waals surface area contributed by atoms with Gasteiger partial charge in [0, 0.05) is 47.7 Å². The van der Waals surface area contributed by atoms with Crippen LogP contribution in [0.1, 0.15) is 87.1 Å². The van der Waals surface area contributed by atoms with Crippen molar-refractivity contribution in [1.29, 1.82) is 0 Å². The van der Waals surface area contributed by atoms with E-state index in [2.05, 4.69) is 24.7 Å². The van der Waals surface area contributed by atoms with Gasteiger partial charge < -0.3 is 43.6 Å². The fourth-order valence-corrected chi connectivity index (χ4v) is 9.20. The standard InChI is InChI=1S/C42H61FN6O11S/c1-12-32-42(9,54)37-24(4)33(45-26(6)50)22(2)16-40(7,56-20-28(19-55-37)47-57-18-27-13-14-29(44-17-27)30-21-61-48-46-30)36(25(5)35(52)41(8,43)39(53)59-32)60-38-34(51)31(49(10)11)15-23(3)58-38/h13-14,17,21-25,31-32,34,36-38,51,54H,12,15-16,18-20H2,1-11H3/b45-33?,47-28+/t22-,23-,24+,25+,31+,32-,34-,36-,37-,38+,40-,41+,42-/m1/s1. The summed E-state index contributed by atoms with van der Waals surface area (Å²) in [6.07, 6.45) is -4.88. The van der Waals surface area contributed by atoms with E-state index in [1.807, 2.05) is 38.9 Å². The molecule has 0 unspecified atom stereocenters. The lowest BCUT2D eigenvalue weighted by atomic mass is 9.73. The predicted molar refractivity (Wildman–Crippen MR) is 222 cm³/mol. The fraction of sp³-hybridized carbons (Fsp3) is 0.714. The van der Waals surface area contributed by atoms with E-state index in [4.69, 9.17) is 28.5 Å². The highest BCUT2D eigenvalue weighted by Crippen LogP contribution is 2.41. The van der Waals surface area contributed by atoms with E-state index in [9.17, 15) is 24.6 Å². The number of carbonyl (C=O) groups is 3. The smallest absolute Gasteiger partial charge is 0.351 e. The Balaban J connectivity index is 1.65. The number of amides is 1. The first-order chi connectivity index (χ1) is 28.6. The second-order valence-electron chi connectivity index (χ2n) is 17.4. The van der Waals surface area contributed by atoms with Gasteiger partial charge in [-0.2, -0.15) is 0 Å². The molecule has 61 heavy (non-hydrogen) atoms. The van der Waals surface area contributed by atoms with Gasteiger partial charge in [0.05, 0.1) is 42.8 Å². The number of rotatable bonds is 8. The molecule has 19 heteroatoms. The summed E-state index contributed by atoms with van der Waals surface area (Å²) in [5, 5.41) is 34.3. The Morgan fingerprint density at radius 1 is 1.10 bits per heavy atom. The van der Waals surface area contributed by atoms with Gasteiger partial charge in [0.25, 0.3) is 5.67 Å². The van der Waals surface area contributed by atoms with Crippen LogP contribution in [0, 0.1) is 17.8 Å². The topological polar surface area (TPSA) is 214 Å². The third-order valence-electron chi connectivity index (χ3n) is 12.0. The molecule has 2 N–H and O–H groups in total. The maximum absolute atomic E-state index is 16.9. The monoisotopic (exact) mass is 876 g/mol. The highest BCUT2D eigenvalue weighted by Gasteiger charge is 2.56. The number of halogens is 1. The van der Waals surface area contributed by atoms with Crippen LogP contribution in [0.4, 0.5) is 4.39 Å². The summed E-state index contributed by atoms with van der Waals surface area (Å²) in [4.78, 5) is 57.7. The molecule has 3 fully saturated rings. The van der Waals surface area contributed by atoms with Crippen molar-refractivity contribution in [3.63, 3.8) is 0 Å². The fourth-order valence-electron chi connectivity index (χ4n) is 8.75. The maximum atomic E-state index is 16.9. The Labute approximate surface area is 360 Å². The largest absolute Gasteiger partial charge is 0.457 e. The first kappa shape index (κ1) is 48.3. The number of ether oxygens (including phenoxy) is 5. The van der Waals surface area contributed by atoms with E-state index in [0.29, 0.717) is 29.1 Å². The van der Waals surface area contributed by atoms with Crippen LogP contribution >= 0.6 is 11.5 Å². The average Bonchev–Trinajstić information content (AvgIpc) is 3.74. The molecule has 1 amide bonds. The number of nitrogens with zero attached hydrogens (tertiary/aromatic N) is 6. The number of aliphatic hydroxyl groups is 2. The second-order valence-corrected chi connectivity index (χ2v) is 18.0.